The quantitative estimate of drug-likeness (QED) is 0.528. The number of imidazole rings is 1. The number of aliphatic hydroxyl groups is 1. The molecule has 0 amide bonds. The summed E-state index contributed by atoms with van der Waals surface area (Å²) >= 11 is 0. The second-order valence-electron chi connectivity index (χ2n) is 7.25. The monoisotopic (exact) mass is 409 g/mol. The number of nitrogens with one attached hydrogen (secondary N) is 1. The van der Waals surface area contributed by atoms with Gasteiger partial charge in [-0.3, -0.25) is 0 Å². The van der Waals surface area contributed by atoms with Crippen molar-refractivity contribution in [3.63, 3.8) is 0 Å². The summed E-state index contributed by atoms with van der Waals surface area (Å²) in [6.07, 6.45) is 3.49. The van der Waals surface area contributed by atoms with Gasteiger partial charge in [-0.15, -0.1) is 0 Å². The van der Waals surface area contributed by atoms with Crippen LogP contribution in [0.3, 0.4) is 0 Å². The van der Waals surface area contributed by atoms with E-state index in [0.29, 0.717) is 23.7 Å². The highest BCUT2D eigenvalue weighted by molar-refractivity contribution is 5.85. The highest BCUT2D eigenvalue weighted by atomic mass is 16.5. The zero-order valence-electron chi connectivity index (χ0n) is 16.6. The van der Waals surface area contributed by atoms with E-state index in [1.807, 2.05) is 41.3 Å². The van der Waals surface area contributed by atoms with E-state index < -0.39 is 0 Å². The molecule has 0 saturated heterocycles. The number of H-pyrrole nitrogens is 1. The third-order valence-electron chi connectivity index (χ3n) is 5.37. The largest absolute Gasteiger partial charge is 0.488 e. The van der Waals surface area contributed by atoms with Gasteiger partial charge in [-0.05, 0) is 48.0 Å². The molecule has 1 aliphatic rings. The number of aromatic amines is 1. The van der Waals surface area contributed by atoms with Crippen molar-refractivity contribution in [3.8, 4) is 23.2 Å². The van der Waals surface area contributed by atoms with E-state index in [4.69, 9.17) is 10.00 Å². The third kappa shape index (κ3) is 3.19. The maximum absolute atomic E-state index is 9.97. The third-order valence-corrected chi connectivity index (χ3v) is 5.37. The van der Waals surface area contributed by atoms with Gasteiger partial charge in [0.25, 0.3) is 0 Å². The molecule has 5 rings (SSSR count). The lowest BCUT2D eigenvalue weighted by Crippen LogP contribution is -2.43. The smallest absolute Gasteiger partial charge is 0.154 e. The van der Waals surface area contributed by atoms with Gasteiger partial charge in [-0.2, -0.15) is 5.26 Å². The van der Waals surface area contributed by atoms with Gasteiger partial charge in [0.05, 0.1) is 46.6 Å². The van der Waals surface area contributed by atoms with Gasteiger partial charge in [0.1, 0.15) is 18.2 Å². The Bertz CT molecular complexity index is 1320. The molecule has 1 atom stereocenters. The van der Waals surface area contributed by atoms with Crippen LogP contribution >= 0.6 is 0 Å². The number of ether oxygens (including phenoxy) is 1. The number of benzene rings is 2. The van der Waals surface area contributed by atoms with Crippen molar-refractivity contribution in [1.29, 1.82) is 5.26 Å². The Balaban J connectivity index is 1.63. The Kier molecular flexibility index (Phi) is 4.62. The molecule has 2 aromatic carbocycles. The second kappa shape index (κ2) is 7.59. The van der Waals surface area contributed by atoms with Gasteiger partial charge in [0.2, 0.25) is 0 Å². The van der Waals surface area contributed by atoms with Crippen molar-refractivity contribution >= 4 is 28.6 Å². The van der Waals surface area contributed by atoms with E-state index in [1.54, 1.807) is 24.4 Å². The van der Waals surface area contributed by atoms with Crippen LogP contribution in [0.15, 0.2) is 61.3 Å². The minimum Gasteiger partial charge on any atom is -0.488 e. The molecule has 2 N–H and O–H groups in total. The SMILES string of the molecule is C=Cc1ccc(N2c3cccc(-c4nc5ccc(C#N)cc5[nH]4)c3OCC2CO)nc1. The number of para-hydroxylation sites is 1. The fraction of sp³-hybridized carbons (Fsp3) is 0.125. The molecule has 7 heteroatoms. The maximum atomic E-state index is 9.97. The van der Waals surface area contributed by atoms with Crippen LogP contribution in [0.25, 0.3) is 28.5 Å². The first-order valence-corrected chi connectivity index (χ1v) is 9.86. The van der Waals surface area contributed by atoms with Crippen molar-refractivity contribution in [2.75, 3.05) is 18.1 Å². The highest BCUT2D eigenvalue weighted by Crippen LogP contribution is 2.44. The van der Waals surface area contributed by atoms with Crippen molar-refractivity contribution in [1.82, 2.24) is 15.0 Å². The molecule has 0 aliphatic carbocycles. The van der Waals surface area contributed by atoms with Crippen LogP contribution in [0, 0.1) is 11.3 Å². The molecule has 0 saturated carbocycles. The zero-order valence-corrected chi connectivity index (χ0v) is 16.6. The van der Waals surface area contributed by atoms with Crippen molar-refractivity contribution in [2.24, 2.45) is 0 Å². The molecule has 0 fully saturated rings. The summed E-state index contributed by atoms with van der Waals surface area (Å²) in [6, 6.07) is 16.9. The molecule has 31 heavy (non-hydrogen) atoms. The molecule has 7 nitrogen and oxygen atoms in total. The second-order valence-corrected chi connectivity index (χ2v) is 7.25. The zero-order chi connectivity index (χ0) is 21.4. The maximum Gasteiger partial charge on any atom is 0.154 e. The van der Waals surface area contributed by atoms with Gasteiger partial charge in [-0.1, -0.05) is 18.7 Å². The molecule has 2 aromatic heterocycles. The molecule has 0 spiro atoms. The topological polar surface area (TPSA) is 98.1 Å². The molecular weight excluding hydrogens is 390 g/mol. The van der Waals surface area contributed by atoms with E-state index in [2.05, 4.69) is 27.6 Å². The van der Waals surface area contributed by atoms with E-state index in [0.717, 1.165) is 33.7 Å². The van der Waals surface area contributed by atoms with Crippen molar-refractivity contribution in [2.45, 2.75) is 6.04 Å². The first-order chi connectivity index (χ1) is 15.2. The standard InChI is InChI=1S/C24H19N5O2/c1-2-15-7-9-22(26-12-15)29-17(13-30)14-31-23-18(4-3-5-21(23)29)24-27-19-8-6-16(11-25)10-20(19)28-24/h2-10,12,17,30H,1,13-14H2,(H,27,28). The number of aliphatic hydroxyl groups excluding tert-OH is 1. The number of nitrogens with zero attached hydrogens (tertiary/aromatic N) is 4. The molecule has 4 aromatic rings. The Morgan fingerprint density at radius 3 is 2.94 bits per heavy atom. The lowest BCUT2D eigenvalue weighted by atomic mass is 10.1. The van der Waals surface area contributed by atoms with Gasteiger partial charge in [-0.25, -0.2) is 9.97 Å². The summed E-state index contributed by atoms with van der Waals surface area (Å²) < 4.78 is 6.09. The predicted molar refractivity (Wildman–Crippen MR) is 119 cm³/mol. The number of anilines is 2. The Labute approximate surface area is 178 Å². The summed E-state index contributed by atoms with van der Waals surface area (Å²) in [5.74, 6) is 2.04. The molecule has 0 bridgehead atoms. The van der Waals surface area contributed by atoms with Crippen LogP contribution < -0.4 is 9.64 Å². The molecule has 1 unspecified atom stereocenters. The first kappa shape index (κ1) is 18.9. The molecule has 1 aliphatic heterocycles. The number of pyridine rings is 1. The van der Waals surface area contributed by atoms with Crippen LogP contribution in [-0.2, 0) is 0 Å². The normalized spacial score (nSPS) is 15.2. The summed E-state index contributed by atoms with van der Waals surface area (Å²) in [5.41, 5.74) is 4.66. The van der Waals surface area contributed by atoms with E-state index >= 15 is 0 Å². The fourth-order valence-electron chi connectivity index (χ4n) is 3.82. The van der Waals surface area contributed by atoms with Crippen LogP contribution in [-0.4, -0.2) is 39.3 Å². The van der Waals surface area contributed by atoms with Crippen LogP contribution in [0.1, 0.15) is 11.1 Å². The van der Waals surface area contributed by atoms with Gasteiger partial charge >= 0.3 is 0 Å². The van der Waals surface area contributed by atoms with Crippen LogP contribution in [0.5, 0.6) is 5.75 Å². The van der Waals surface area contributed by atoms with Gasteiger partial charge < -0.3 is 19.7 Å². The lowest BCUT2D eigenvalue weighted by molar-refractivity contribution is 0.195. The number of nitriles is 1. The minimum absolute atomic E-state index is 0.0733. The van der Waals surface area contributed by atoms with Gasteiger partial charge in [0, 0.05) is 6.20 Å². The minimum atomic E-state index is -0.265. The fourth-order valence-corrected chi connectivity index (χ4v) is 3.82. The Morgan fingerprint density at radius 1 is 1.29 bits per heavy atom. The van der Waals surface area contributed by atoms with Crippen LogP contribution in [0.4, 0.5) is 11.5 Å². The lowest BCUT2D eigenvalue weighted by Gasteiger charge is -2.37. The first-order valence-electron chi connectivity index (χ1n) is 9.86. The predicted octanol–water partition coefficient (Wildman–Crippen LogP) is 4.03. The molecule has 0 radical (unpaired) electrons. The van der Waals surface area contributed by atoms with E-state index in [-0.39, 0.29) is 12.6 Å². The summed E-state index contributed by atoms with van der Waals surface area (Å²) in [6.45, 7) is 4.01. The molecular formula is C24H19N5O2. The van der Waals surface area contributed by atoms with Gasteiger partial charge in [0.15, 0.2) is 5.75 Å². The summed E-state index contributed by atoms with van der Waals surface area (Å²) in [7, 11) is 0. The Hall–Kier alpha value is -4.15. The highest BCUT2D eigenvalue weighted by Gasteiger charge is 2.31. The average molecular weight is 409 g/mol. The van der Waals surface area contributed by atoms with Crippen LogP contribution in [0.2, 0.25) is 0 Å². The van der Waals surface area contributed by atoms with E-state index in [9.17, 15) is 5.11 Å². The number of hydrogen-bond donors (Lipinski definition) is 2. The summed E-state index contributed by atoms with van der Waals surface area (Å²) in [4.78, 5) is 14.5. The van der Waals surface area contributed by atoms with E-state index in [1.165, 1.54) is 0 Å². The number of aromatic nitrogens is 3. The Morgan fingerprint density at radius 2 is 2.19 bits per heavy atom. The van der Waals surface area contributed by atoms with Crippen molar-refractivity contribution in [3.05, 3.63) is 72.4 Å². The molecule has 152 valence electrons. The number of hydrogen-bond acceptors (Lipinski definition) is 6. The average Bonchev–Trinajstić information content (AvgIpc) is 3.26. The number of rotatable bonds is 4. The molecule has 3 heterocycles. The van der Waals surface area contributed by atoms with Crippen molar-refractivity contribution < 1.29 is 9.84 Å². The number of fused-ring (bicyclic) bond motifs is 2. The summed E-state index contributed by atoms with van der Waals surface area (Å²) in [5, 5.41) is 19.1.